The molecule has 0 radical (unpaired) electrons. The third-order valence-electron chi connectivity index (χ3n) is 11.8. The quantitative estimate of drug-likeness (QED) is 0.171. The zero-order chi connectivity index (χ0) is 37.9. The van der Waals surface area contributed by atoms with Crippen molar-refractivity contribution in [2.75, 3.05) is 0 Å². The first-order valence-corrected chi connectivity index (χ1v) is 19.5. The predicted molar refractivity (Wildman–Crippen MR) is 234 cm³/mol. The Morgan fingerprint density at radius 3 is 1.75 bits per heavy atom. The fraction of sp³-hybridized carbons (Fsp3) is 0.0370. The van der Waals surface area contributed by atoms with E-state index >= 15 is 0 Å². The first-order chi connectivity index (χ1) is 28.1. The third kappa shape index (κ3) is 5.43. The highest BCUT2D eigenvalue weighted by Gasteiger charge is 2.41. The summed E-state index contributed by atoms with van der Waals surface area (Å²) in [7, 11) is 0. The van der Waals surface area contributed by atoms with E-state index in [2.05, 4.69) is 177 Å². The fourth-order valence-corrected chi connectivity index (χ4v) is 8.93. The highest BCUT2D eigenvalue weighted by atomic mass is 16.3. The van der Waals surface area contributed by atoms with Crippen LogP contribution in [0, 0.1) is 0 Å². The first kappa shape index (κ1) is 33.0. The van der Waals surface area contributed by atoms with E-state index in [-0.39, 0.29) is 5.41 Å². The Labute approximate surface area is 331 Å². The number of furan rings is 1. The molecule has 11 rings (SSSR count). The number of hydrogen-bond acceptors (Lipinski definition) is 3. The summed E-state index contributed by atoms with van der Waals surface area (Å²) in [6.07, 6.45) is 0. The van der Waals surface area contributed by atoms with Crippen molar-refractivity contribution in [1.82, 2.24) is 9.97 Å². The van der Waals surface area contributed by atoms with Gasteiger partial charge in [-0.1, -0.05) is 164 Å². The number of para-hydroxylation sites is 1. The van der Waals surface area contributed by atoms with E-state index in [9.17, 15) is 0 Å². The Hall–Kier alpha value is -7.36. The molecule has 0 bridgehead atoms. The minimum absolute atomic E-state index is 0.264. The van der Waals surface area contributed by atoms with Crippen molar-refractivity contribution in [1.29, 1.82) is 0 Å². The van der Waals surface area contributed by atoms with Gasteiger partial charge in [0.1, 0.15) is 11.2 Å². The summed E-state index contributed by atoms with van der Waals surface area (Å²) < 4.78 is 6.13. The molecule has 3 heteroatoms. The van der Waals surface area contributed by atoms with Crippen LogP contribution in [0.15, 0.2) is 205 Å². The molecule has 0 fully saturated rings. The van der Waals surface area contributed by atoms with Crippen LogP contribution in [0.2, 0.25) is 0 Å². The van der Waals surface area contributed by atoms with E-state index in [4.69, 9.17) is 14.4 Å². The molecule has 57 heavy (non-hydrogen) atoms. The van der Waals surface area contributed by atoms with E-state index in [0.717, 1.165) is 66.7 Å². The number of aromatic nitrogens is 2. The molecule has 0 spiro atoms. The zero-order valence-corrected chi connectivity index (χ0v) is 31.4. The van der Waals surface area contributed by atoms with Gasteiger partial charge in [0, 0.05) is 32.9 Å². The summed E-state index contributed by atoms with van der Waals surface area (Å²) in [5.74, 6) is 0.693. The normalized spacial score (nSPS) is 14.5. The Morgan fingerprint density at radius 2 is 0.947 bits per heavy atom. The fourth-order valence-electron chi connectivity index (χ4n) is 8.93. The summed E-state index contributed by atoms with van der Waals surface area (Å²) in [5.41, 5.74) is 17.5. The largest absolute Gasteiger partial charge is 0.456 e. The molecule has 1 unspecified atom stereocenters. The van der Waals surface area contributed by atoms with Crippen LogP contribution in [0.1, 0.15) is 23.6 Å². The van der Waals surface area contributed by atoms with Crippen molar-refractivity contribution in [3.05, 3.63) is 217 Å². The van der Waals surface area contributed by atoms with Crippen molar-refractivity contribution in [3.63, 3.8) is 0 Å². The molecule has 1 aliphatic carbocycles. The van der Waals surface area contributed by atoms with Crippen molar-refractivity contribution >= 4 is 21.9 Å². The molecule has 0 aliphatic heterocycles. The van der Waals surface area contributed by atoms with Gasteiger partial charge < -0.3 is 4.42 Å². The Kier molecular flexibility index (Phi) is 7.61. The van der Waals surface area contributed by atoms with Gasteiger partial charge in [-0.05, 0) is 93.4 Å². The monoisotopic (exact) mass is 728 g/mol. The molecule has 1 atom stereocenters. The average Bonchev–Trinajstić information content (AvgIpc) is 3.80. The van der Waals surface area contributed by atoms with Gasteiger partial charge in [0.05, 0.1) is 11.4 Å². The summed E-state index contributed by atoms with van der Waals surface area (Å²) in [6.45, 7) is 2.37. The lowest BCUT2D eigenvalue weighted by Gasteiger charge is -2.28. The molecule has 268 valence electrons. The lowest BCUT2D eigenvalue weighted by molar-refractivity contribution is 0.669. The van der Waals surface area contributed by atoms with Crippen LogP contribution in [0.25, 0.3) is 89.2 Å². The van der Waals surface area contributed by atoms with Crippen LogP contribution in [0.5, 0.6) is 0 Å². The van der Waals surface area contributed by atoms with Crippen molar-refractivity contribution in [2.45, 2.75) is 12.3 Å². The topological polar surface area (TPSA) is 38.9 Å². The lowest BCUT2D eigenvalue weighted by atomic mass is 9.74. The molecular formula is C54H36N2O. The molecule has 0 N–H and O–H groups in total. The van der Waals surface area contributed by atoms with Gasteiger partial charge in [-0.3, -0.25) is 0 Å². The second-order valence-electron chi connectivity index (χ2n) is 15.1. The highest BCUT2D eigenvalue weighted by molar-refractivity contribution is 6.06. The maximum absolute atomic E-state index is 6.13. The van der Waals surface area contributed by atoms with Crippen molar-refractivity contribution in [3.8, 4) is 67.3 Å². The minimum atomic E-state index is -0.264. The third-order valence-corrected chi connectivity index (χ3v) is 11.8. The second kappa shape index (κ2) is 13.1. The average molecular weight is 729 g/mol. The number of rotatable bonds is 6. The number of hydrogen-bond donors (Lipinski definition) is 0. The molecule has 8 aromatic carbocycles. The molecule has 0 saturated carbocycles. The van der Waals surface area contributed by atoms with E-state index in [1.807, 2.05) is 30.3 Å². The Bertz CT molecular complexity index is 3140. The van der Waals surface area contributed by atoms with Gasteiger partial charge in [0.25, 0.3) is 0 Å². The SMILES string of the molecule is CC1(c2ccccc2)c2ccccc2-c2c(-c3cccc(-c4cc(-c5cccc(-c6ccc7oc8ccccc8c7c6)c5)nc(-c5ccccc5)n4)c3)cccc21. The van der Waals surface area contributed by atoms with E-state index in [1.54, 1.807) is 0 Å². The molecule has 10 aromatic rings. The molecule has 1 aliphatic rings. The van der Waals surface area contributed by atoms with E-state index < -0.39 is 0 Å². The van der Waals surface area contributed by atoms with Crippen LogP contribution >= 0.6 is 0 Å². The molecule has 2 heterocycles. The second-order valence-corrected chi connectivity index (χ2v) is 15.1. The number of fused-ring (bicyclic) bond motifs is 6. The number of benzene rings is 8. The lowest BCUT2D eigenvalue weighted by Crippen LogP contribution is -2.22. The molecule has 3 nitrogen and oxygen atoms in total. The van der Waals surface area contributed by atoms with E-state index in [1.165, 1.54) is 33.4 Å². The Morgan fingerprint density at radius 1 is 0.386 bits per heavy atom. The maximum Gasteiger partial charge on any atom is 0.160 e. The van der Waals surface area contributed by atoms with E-state index in [0.29, 0.717) is 5.82 Å². The van der Waals surface area contributed by atoms with Gasteiger partial charge >= 0.3 is 0 Å². The van der Waals surface area contributed by atoms with Gasteiger partial charge in [-0.25, -0.2) is 9.97 Å². The summed E-state index contributed by atoms with van der Waals surface area (Å²) >= 11 is 0. The summed E-state index contributed by atoms with van der Waals surface area (Å²) in [6, 6.07) is 71.1. The molecule has 0 saturated heterocycles. The standard InChI is InChI=1S/C54H36N2O/c1-54(41-21-6-3-7-22-41)46-26-10-8-24-44(46)52-42(25-14-27-47(52)54)38-18-13-20-40(32-38)49-34-48(55-53(56-49)35-15-4-2-5-16-35)39-19-12-17-36(31-39)37-29-30-51-45(33-37)43-23-9-11-28-50(43)57-51/h2-34H,1H3. The van der Waals surface area contributed by atoms with Crippen LogP contribution in [0.3, 0.4) is 0 Å². The van der Waals surface area contributed by atoms with Crippen LogP contribution in [-0.2, 0) is 5.41 Å². The van der Waals surface area contributed by atoms with Gasteiger partial charge in [-0.15, -0.1) is 0 Å². The highest BCUT2D eigenvalue weighted by Crippen LogP contribution is 2.55. The first-order valence-electron chi connectivity index (χ1n) is 19.5. The van der Waals surface area contributed by atoms with Crippen LogP contribution in [0.4, 0.5) is 0 Å². The molecule has 0 amide bonds. The van der Waals surface area contributed by atoms with Crippen LogP contribution in [-0.4, -0.2) is 9.97 Å². The molecular weight excluding hydrogens is 693 g/mol. The van der Waals surface area contributed by atoms with Gasteiger partial charge in [-0.2, -0.15) is 0 Å². The summed E-state index contributed by atoms with van der Waals surface area (Å²) in [5, 5.41) is 2.23. The smallest absolute Gasteiger partial charge is 0.160 e. The van der Waals surface area contributed by atoms with Crippen LogP contribution < -0.4 is 0 Å². The Balaban J connectivity index is 1.04. The predicted octanol–water partition coefficient (Wildman–Crippen LogP) is 14.0. The maximum atomic E-state index is 6.13. The minimum Gasteiger partial charge on any atom is -0.456 e. The molecule has 2 aromatic heterocycles. The number of nitrogens with zero attached hydrogens (tertiary/aromatic N) is 2. The summed E-state index contributed by atoms with van der Waals surface area (Å²) in [4.78, 5) is 10.4. The zero-order valence-electron chi connectivity index (χ0n) is 31.4. The van der Waals surface area contributed by atoms with Gasteiger partial charge in [0.2, 0.25) is 0 Å². The van der Waals surface area contributed by atoms with Crippen molar-refractivity contribution < 1.29 is 4.42 Å². The van der Waals surface area contributed by atoms with Crippen molar-refractivity contribution in [2.24, 2.45) is 0 Å². The van der Waals surface area contributed by atoms with Gasteiger partial charge in [0.15, 0.2) is 5.82 Å².